The van der Waals surface area contributed by atoms with Crippen molar-refractivity contribution < 1.29 is 4.79 Å². The maximum absolute atomic E-state index is 12.5. The molecule has 3 rings (SSSR count). The van der Waals surface area contributed by atoms with Crippen LogP contribution in [0.25, 0.3) is 11.0 Å². The summed E-state index contributed by atoms with van der Waals surface area (Å²) in [4.78, 5) is 19.8. The van der Waals surface area contributed by atoms with E-state index < -0.39 is 0 Å². The fourth-order valence-electron chi connectivity index (χ4n) is 2.40. The molecule has 3 aromatic rings. The summed E-state index contributed by atoms with van der Waals surface area (Å²) in [7, 11) is 0. The molecule has 2 heterocycles. The Morgan fingerprint density at radius 2 is 2.05 bits per heavy atom. The van der Waals surface area contributed by atoms with Crippen molar-refractivity contribution >= 4 is 32.7 Å². The molecular formula is C17H15BrN2O. The van der Waals surface area contributed by atoms with Crippen LogP contribution in [0.15, 0.2) is 41.1 Å². The Hall–Kier alpha value is -1.94. The lowest BCUT2D eigenvalue weighted by molar-refractivity contribution is 0.0994. The number of hydrogen-bond donors (Lipinski definition) is 1. The second-order valence-electron chi connectivity index (χ2n) is 5.27. The molecule has 4 heteroatoms. The van der Waals surface area contributed by atoms with Gasteiger partial charge in [-0.15, -0.1) is 0 Å². The molecule has 2 aromatic heterocycles. The van der Waals surface area contributed by atoms with Crippen LogP contribution in [-0.2, 0) is 6.42 Å². The summed E-state index contributed by atoms with van der Waals surface area (Å²) in [6.45, 7) is 4.14. The third-order valence-electron chi connectivity index (χ3n) is 3.73. The molecule has 0 aliphatic carbocycles. The van der Waals surface area contributed by atoms with Gasteiger partial charge in [-0.25, -0.2) is 4.98 Å². The summed E-state index contributed by atoms with van der Waals surface area (Å²) in [6.07, 6.45) is 3.87. The first kappa shape index (κ1) is 14.0. The molecule has 21 heavy (non-hydrogen) atoms. The first-order chi connectivity index (χ1) is 10.0. The van der Waals surface area contributed by atoms with Gasteiger partial charge in [0, 0.05) is 34.2 Å². The van der Waals surface area contributed by atoms with Crippen LogP contribution in [0.2, 0.25) is 0 Å². The van der Waals surface area contributed by atoms with E-state index in [9.17, 15) is 4.79 Å². The Labute approximate surface area is 131 Å². The molecule has 3 nitrogen and oxygen atoms in total. The summed E-state index contributed by atoms with van der Waals surface area (Å²) in [5.74, 6) is 0.101. The van der Waals surface area contributed by atoms with Gasteiger partial charge in [0.25, 0.3) is 0 Å². The van der Waals surface area contributed by atoms with E-state index in [2.05, 4.69) is 51.9 Å². The zero-order chi connectivity index (χ0) is 15.0. The minimum atomic E-state index is 0.101. The lowest BCUT2D eigenvalue weighted by Gasteiger charge is -2.04. The number of H-pyrrole nitrogens is 1. The Morgan fingerprint density at radius 3 is 2.81 bits per heavy atom. The number of Topliss-reactive ketones (excluding diaryl/α,β-unsaturated/α-hetero) is 1. The second-order valence-corrected chi connectivity index (χ2v) is 6.19. The Balaban J connectivity index is 1.93. The number of rotatable bonds is 3. The lowest BCUT2D eigenvalue weighted by atomic mass is 10.00. The summed E-state index contributed by atoms with van der Waals surface area (Å²) in [6, 6.07) is 8.08. The van der Waals surface area contributed by atoms with E-state index in [1.54, 1.807) is 12.4 Å². The number of pyridine rings is 1. The number of ketones is 1. The first-order valence-electron chi connectivity index (χ1n) is 6.76. The molecule has 0 saturated carbocycles. The molecule has 0 fully saturated rings. The van der Waals surface area contributed by atoms with Crippen LogP contribution >= 0.6 is 15.9 Å². The number of aromatic amines is 1. The van der Waals surface area contributed by atoms with Gasteiger partial charge < -0.3 is 4.98 Å². The normalized spacial score (nSPS) is 11.0. The zero-order valence-corrected chi connectivity index (χ0v) is 13.5. The van der Waals surface area contributed by atoms with Gasteiger partial charge in [-0.05, 0) is 52.5 Å². The quantitative estimate of drug-likeness (QED) is 0.718. The number of halogens is 1. The maximum Gasteiger partial charge on any atom is 0.169 e. The fourth-order valence-corrected chi connectivity index (χ4v) is 2.73. The Morgan fingerprint density at radius 1 is 1.24 bits per heavy atom. The summed E-state index contributed by atoms with van der Waals surface area (Å²) in [5, 5.41) is 0.859. The van der Waals surface area contributed by atoms with Crippen molar-refractivity contribution in [3.8, 4) is 0 Å². The van der Waals surface area contributed by atoms with Crippen molar-refractivity contribution in [1.82, 2.24) is 9.97 Å². The zero-order valence-electron chi connectivity index (χ0n) is 11.9. The van der Waals surface area contributed by atoms with Crippen molar-refractivity contribution in [2.75, 3.05) is 0 Å². The van der Waals surface area contributed by atoms with Crippen molar-refractivity contribution in [3.05, 3.63) is 63.4 Å². The van der Waals surface area contributed by atoms with Crippen molar-refractivity contribution in [3.63, 3.8) is 0 Å². The second kappa shape index (κ2) is 5.45. The lowest BCUT2D eigenvalue weighted by Crippen LogP contribution is -2.03. The molecule has 1 N–H and O–H groups in total. The van der Waals surface area contributed by atoms with Gasteiger partial charge >= 0.3 is 0 Å². The van der Waals surface area contributed by atoms with Gasteiger partial charge in [-0.1, -0.05) is 18.2 Å². The van der Waals surface area contributed by atoms with E-state index in [0.29, 0.717) is 12.0 Å². The number of aromatic nitrogens is 2. The topological polar surface area (TPSA) is 45.8 Å². The number of aryl methyl sites for hydroxylation is 2. The molecule has 1 aromatic carbocycles. The number of carbonyl (C=O) groups excluding carboxylic acids is 1. The molecule has 106 valence electrons. The summed E-state index contributed by atoms with van der Waals surface area (Å²) in [5.41, 5.74) is 4.93. The van der Waals surface area contributed by atoms with Crippen LogP contribution in [0.5, 0.6) is 0 Å². The van der Waals surface area contributed by atoms with E-state index in [4.69, 9.17) is 0 Å². The van der Waals surface area contributed by atoms with E-state index >= 15 is 0 Å². The minimum absolute atomic E-state index is 0.101. The van der Waals surface area contributed by atoms with Gasteiger partial charge in [0.2, 0.25) is 0 Å². The van der Waals surface area contributed by atoms with Gasteiger partial charge in [0.15, 0.2) is 5.78 Å². The smallest absolute Gasteiger partial charge is 0.169 e. The van der Waals surface area contributed by atoms with Crippen LogP contribution in [-0.4, -0.2) is 15.8 Å². The highest BCUT2D eigenvalue weighted by molar-refractivity contribution is 9.10. The van der Waals surface area contributed by atoms with Gasteiger partial charge in [-0.2, -0.15) is 0 Å². The van der Waals surface area contributed by atoms with Crippen LogP contribution < -0.4 is 0 Å². The Kier molecular flexibility index (Phi) is 3.64. The summed E-state index contributed by atoms with van der Waals surface area (Å²) < 4.78 is 0.870. The molecule has 0 unspecified atom stereocenters. The van der Waals surface area contributed by atoms with E-state index in [0.717, 1.165) is 21.1 Å². The van der Waals surface area contributed by atoms with Crippen molar-refractivity contribution in [2.45, 2.75) is 20.3 Å². The van der Waals surface area contributed by atoms with Crippen molar-refractivity contribution in [1.29, 1.82) is 0 Å². The van der Waals surface area contributed by atoms with E-state index in [1.807, 2.05) is 12.1 Å². The molecular weight excluding hydrogens is 328 g/mol. The van der Waals surface area contributed by atoms with Crippen LogP contribution in [0.3, 0.4) is 0 Å². The first-order valence-corrected chi connectivity index (χ1v) is 7.56. The molecule has 0 atom stereocenters. The molecule has 0 amide bonds. The third-order valence-corrected chi connectivity index (χ3v) is 4.17. The van der Waals surface area contributed by atoms with Gasteiger partial charge in [0.05, 0.1) is 0 Å². The average Bonchev–Trinajstić information content (AvgIpc) is 2.86. The van der Waals surface area contributed by atoms with Gasteiger partial charge in [0.1, 0.15) is 5.65 Å². The Bertz CT molecular complexity index is 836. The number of nitrogens with zero attached hydrogens (tertiary/aromatic N) is 1. The standard InChI is InChI=1S/C17H15BrN2O/c1-10-3-4-12(5-11(10)2)6-16(21)15-9-20-17-14(15)7-13(18)8-19-17/h3-5,7-9H,6H2,1-2H3,(H,19,20). The van der Waals surface area contributed by atoms with Crippen LogP contribution in [0.1, 0.15) is 27.0 Å². The number of carbonyl (C=O) groups is 1. The fraction of sp³-hybridized carbons (Fsp3) is 0.176. The molecule has 0 radical (unpaired) electrons. The minimum Gasteiger partial charge on any atom is -0.345 e. The van der Waals surface area contributed by atoms with Crippen LogP contribution in [0.4, 0.5) is 0 Å². The molecule has 0 saturated heterocycles. The highest BCUT2D eigenvalue weighted by atomic mass is 79.9. The molecule has 0 bridgehead atoms. The van der Waals surface area contributed by atoms with Crippen molar-refractivity contribution in [2.24, 2.45) is 0 Å². The largest absolute Gasteiger partial charge is 0.345 e. The number of hydrogen-bond acceptors (Lipinski definition) is 2. The maximum atomic E-state index is 12.5. The number of fused-ring (bicyclic) bond motifs is 1. The highest BCUT2D eigenvalue weighted by Crippen LogP contribution is 2.22. The number of benzene rings is 1. The van der Waals surface area contributed by atoms with Crippen LogP contribution in [0, 0.1) is 13.8 Å². The molecule has 0 aliphatic rings. The molecule has 0 aliphatic heterocycles. The van der Waals surface area contributed by atoms with Gasteiger partial charge in [-0.3, -0.25) is 4.79 Å². The number of nitrogens with one attached hydrogen (secondary N) is 1. The predicted octanol–water partition coefficient (Wildman–Crippen LogP) is 4.37. The third kappa shape index (κ3) is 2.76. The monoisotopic (exact) mass is 342 g/mol. The predicted molar refractivity (Wildman–Crippen MR) is 87.7 cm³/mol. The highest BCUT2D eigenvalue weighted by Gasteiger charge is 2.14. The average molecular weight is 343 g/mol. The van der Waals surface area contributed by atoms with E-state index in [-0.39, 0.29) is 5.78 Å². The summed E-state index contributed by atoms with van der Waals surface area (Å²) >= 11 is 3.40. The van der Waals surface area contributed by atoms with E-state index in [1.165, 1.54) is 11.1 Å². The SMILES string of the molecule is Cc1ccc(CC(=O)c2c[nH]c3ncc(Br)cc23)cc1C. The molecule has 0 spiro atoms.